The predicted octanol–water partition coefficient (Wildman–Crippen LogP) is 5.31. The van der Waals surface area contributed by atoms with Crippen molar-refractivity contribution in [3.8, 4) is 5.75 Å². The zero-order chi connectivity index (χ0) is 20.1. The van der Waals surface area contributed by atoms with Gasteiger partial charge in [-0.1, -0.05) is 30.3 Å². The molecular weight excluding hydrogens is 380 g/mol. The summed E-state index contributed by atoms with van der Waals surface area (Å²) in [6, 6.07) is 11.5. The maximum atomic E-state index is 13.1. The topological polar surface area (TPSA) is 47.6 Å². The number of benzene rings is 2. The molecule has 1 unspecified atom stereocenters. The second-order valence-corrected chi connectivity index (χ2v) is 5.32. The van der Waals surface area contributed by atoms with E-state index in [-0.39, 0.29) is 5.69 Å². The molecule has 2 aromatic carbocycles. The van der Waals surface area contributed by atoms with Crippen molar-refractivity contribution in [3.63, 3.8) is 0 Å². The van der Waals surface area contributed by atoms with Crippen LogP contribution in [0.15, 0.2) is 54.6 Å². The Balaban J connectivity index is 1.99. The normalized spacial score (nSPS) is 13.0. The third kappa shape index (κ3) is 7.08. The Bertz CT molecular complexity index is 744. The fraction of sp³-hybridized carbons (Fsp3) is 0.235. The lowest BCUT2D eigenvalue weighted by Gasteiger charge is -2.21. The van der Waals surface area contributed by atoms with E-state index in [4.69, 9.17) is 0 Å². The van der Waals surface area contributed by atoms with E-state index in [9.17, 15) is 31.1 Å². The van der Waals surface area contributed by atoms with Crippen LogP contribution in [0.1, 0.15) is 5.56 Å². The number of anilines is 1. The smallest absolute Gasteiger partial charge is 0.436 e. The zero-order valence-corrected chi connectivity index (χ0v) is 13.5. The number of alkyl halides is 6. The van der Waals surface area contributed by atoms with Crippen LogP contribution >= 0.6 is 0 Å². The highest BCUT2D eigenvalue weighted by Gasteiger charge is 2.42. The van der Waals surface area contributed by atoms with Crippen LogP contribution in [0.4, 0.5) is 36.8 Å². The molecule has 0 bridgehead atoms. The van der Waals surface area contributed by atoms with Gasteiger partial charge in [0.25, 0.3) is 0 Å². The Hall–Kier alpha value is -2.91. The van der Waals surface area contributed by atoms with Crippen molar-refractivity contribution >= 4 is 11.8 Å². The van der Waals surface area contributed by atoms with Crippen LogP contribution in [0.25, 0.3) is 0 Å². The average molecular weight is 393 g/mol. The van der Waals surface area contributed by atoms with Crippen molar-refractivity contribution in [1.82, 2.24) is 0 Å². The molecule has 1 atom stereocenters. The van der Waals surface area contributed by atoms with Crippen molar-refractivity contribution in [2.75, 3.05) is 5.32 Å². The summed E-state index contributed by atoms with van der Waals surface area (Å²) in [5.41, 5.74) is 0.261. The van der Waals surface area contributed by atoms with Gasteiger partial charge in [0.1, 0.15) is 5.75 Å². The summed E-state index contributed by atoms with van der Waals surface area (Å²) in [5, 5.41) is 2.02. The highest BCUT2D eigenvalue weighted by Crippen LogP contribution is 2.27. The van der Waals surface area contributed by atoms with Gasteiger partial charge in [-0.3, -0.25) is 5.32 Å². The Morgan fingerprint density at radius 3 is 2.04 bits per heavy atom. The lowest BCUT2D eigenvalue weighted by Crippen LogP contribution is -2.37. The molecule has 2 aromatic rings. The molecule has 146 valence electrons. The fourth-order valence-electron chi connectivity index (χ4n) is 2.07. The van der Waals surface area contributed by atoms with Crippen LogP contribution in [-0.2, 0) is 11.2 Å². The van der Waals surface area contributed by atoms with Gasteiger partial charge in [-0.15, -0.1) is 13.2 Å². The largest absolute Gasteiger partial charge is 0.573 e. The molecule has 1 amide bonds. The number of carbonyl (C=O) groups is 1. The summed E-state index contributed by atoms with van der Waals surface area (Å²) < 4.78 is 83.6. The molecule has 0 aromatic heterocycles. The van der Waals surface area contributed by atoms with E-state index in [2.05, 4.69) is 9.47 Å². The molecule has 10 heteroatoms. The summed E-state index contributed by atoms with van der Waals surface area (Å²) in [5.74, 6) is -0.543. The minimum absolute atomic E-state index is 0.0600. The minimum Gasteiger partial charge on any atom is -0.436 e. The molecular formula is C17H13F6NO3. The van der Waals surface area contributed by atoms with Gasteiger partial charge in [0.15, 0.2) is 0 Å². The molecule has 0 radical (unpaired) electrons. The van der Waals surface area contributed by atoms with Gasteiger partial charge >= 0.3 is 18.6 Å². The quantitative estimate of drug-likeness (QED) is 0.701. The van der Waals surface area contributed by atoms with Crippen LogP contribution in [-0.4, -0.2) is 24.7 Å². The number of hydrogen-bond donors (Lipinski definition) is 1. The molecule has 0 heterocycles. The molecule has 0 saturated carbocycles. The second-order valence-electron chi connectivity index (χ2n) is 5.32. The molecule has 0 spiro atoms. The fourth-order valence-corrected chi connectivity index (χ4v) is 2.07. The monoisotopic (exact) mass is 393 g/mol. The Kier molecular flexibility index (Phi) is 6.19. The van der Waals surface area contributed by atoms with Crippen molar-refractivity contribution < 1.29 is 40.6 Å². The first-order chi connectivity index (χ1) is 12.5. The summed E-state index contributed by atoms with van der Waals surface area (Å²) >= 11 is 0. The lowest BCUT2D eigenvalue weighted by molar-refractivity contribution is -0.274. The lowest BCUT2D eigenvalue weighted by atomic mass is 10.1. The third-order valence-corrected chi connectivity index (χ3v) is 3.21. The maximum absolute atomic E-state index is 13.1. The van der Waals surface area contributed by atoms with Crippen LogP contribution in [0.3, 0.4) is 0 Å². The van der Waals surface area contributed by atoms with E-state index in [0.717, 1.165) is 24.3 Å². The minimum atomic E-state index is -4.88. The SMILES string of the molecule is O=C(Nc1ccc(OC(F)(F)F)cc1)OC(Cc1ccccc1)C(F)(F)F. The molecule has 0 fully saturated rings. The molecule has 0 aliphatic carbocycles. The van der Waals surface area contributed by atoms with Gasteiger partial charge in [-0.2, -0.15) is 13.2 Å². The van der Waals surface area contributed by atoms with Crippen molar-refractivity contribution in [1.29, 1.82) is 0 Å². The number of nitrogens with one attached hydrogen (secondary N) is 1. The molecule has 0 saturated heterocycles. The van der Waals surface area contributed by atoms with Crippen molar-refractivity contribution in [2.45, 2.75) is 25.1 Å². The molecule has 1 N–H and O–H groups in total. The Morgan fingerprint density at radius 2 is 1.52 bits per heavy atom. The van der Waals surface area contributed by atoms with Crippen LogP contribution < -0.4 is 10.1 Å². The van der Waals surface area contributed by atoms with E-state index in [1.807, 2.05) is 5.32 Å². The van der Waals surface area contributed by atoms with E-state index in [0.29, 0.717) is 5.56 Å². The van der Waals surface area contributed by atoms with Gasteiger partial charge in [-0.05, 0) is 29.8 Å². The first-order valence-corrected chi connectivity index (χ1v) is 7.47. The molecule has 4 nitrogen and oxygen atoms in total. The van der Waals surface area contributed by atoms with Gasteiger partial charge < -0.3 is 9.47 Å². The molecule has 27 heavy (non-hydrogen) atoms. The van der Waals surface area contributed by atoms with E-state index < -0.39 is 36.9 Å². The average Bonchev–Trinajstić information content (AvgIpc) is 2.55. The molecule has 0 aliphatic heterocycles. The van der Waals surface area contributed by atoms with Gasteiger partial charge in [0.05, 0.1) is 0 Å². The summed E-state index contributed by atoms with van der Waals surface area (Å²) in [6.07, 6.45) is -14.0. The van der Waals surface area contributed by atoms with Crippen LogP contribution in [0, 0.1) is 0 Å². The Labute approximate surface area is 149 Å². The maximum Gasteiger partial charge on any atom is 0.573 e. The number of hydrogen-bond acceptors (Lipinski definition) is 3. The van der Waals surface area contributed by atoms with Gasteiger partial charge in [0, 0.05) is 12.1 Å². The Morgan fingerprint density at radius 1 is 0.926 bits per heavy atom. The first-order valence-electron chi connectivity index (χ1n) is 7.47. The standard InChI is InChI=1S/C17H13F6NO3/c18-16(19,20)14(10-11-4-2-1-3-5-11)26-15(25)24-12-6-8-13(9-7-12)27-17(21,22)23/h1-9,14H,10H2,(H,24,25). The van der Waals surface area contributed by atoms with Gasteiger partial charge in [0.2, 0.25) is 6.10 Å². The zero-order valence-electron chi connectivity index (χ0n) is 13.5. The number of halogens is 6. The summed E-state index contributed by atoms with van der Waals surface area (Å²) in [7, 11) is 0. The third-order valence-electron chi connectivity index (χ3n) is 3.21. The number of ether oxygens (including phenoxy) is 2. The van der Waals surface area contributed by atoms with Crippen LogP contribution in [0.5, 0.6) is 5.75 Å². The first kappa shape index (κ1) is 20.4. The van der Waals surface area contributed by atoms with Gasteiger partial charge in [-0.25, -0.2) is 4.79 Å². The second kappa shape index (κ2) is 8.19. The number of amides is 1. The predicted molar refractivity (Wildman–Crippen MR) is 83.2 cm³/mol. The molecule has 2 rings (SSSR count). The van der Waals surface area contributed by atoms with Crippen LogP contribution in [0.2, 0.25) is 0 Å². The van der Waals surface area contributed by atoms with E-state index in [1.54, 1.807) is 18.2 Å². The molecule has 0 aliphatic rings. The van der Waals surface area contributed by atoms with Crippen molar-refractivity contribution in [2.24, 2.45) is 0 Å². The van der Waals surface area contributed by atoms with Crippen molar-refractivity contribution in [3.05, 3.63) is 60.2 Å². The number of rotatable bonds is 5. The van der Waals surface area contributed by atoms with E-state index in [1.165, 1.54) is 12.1 Å². The number of carbonyl (C=O) groups excluding carboxylic acids is 1. The summed E-state index contributed by atoms with van der Waals surface area (Å²) in [6.45, 7) is 0. The summed E-state index contributed by atoms with van der Waals surface area (Å²) in [4.78, 5) is 11.7. The highest BCUT2D eigenvalue weighted by molar-refractivity contribution is 5.84. The highest BCUT2D eigenvalue weighted by atomic mass is 19.4. The van der Waals surface area contributed by atoms with E-state index >= 15 is 0 Å².